The van der Waals surface area contributed by atoms with Crippen LogP contribution in [0.25, 0.3) is 0 Å². The van der Waals surface area contributed by atoms with Crippen molar-refractivity contribution in [1.29, 1.82) is 0 Å². The maximum atomic E-state index is 11.7. The summed E-state index contributed by atoms with van der Waals surface area (Å²) in [6, 6.07) is 7.01. The molecule has 2 saturated heterocycles. The topological polar surface area (TPSA) is 58.8 Å². The lowest BCUT2D eigenvalue weighted by molar-refractivity contribution is -0.385. The molecule has 6 heteroatoms. The summed E-state index contributed by atoms with van der Waals surface area (Å²) in [7, 11) is 0. The van der Waals surface area contributed by atoms with Crippen molar-refractivity contribution in [3.8, 4) is 5.75 Å². The third-order valence-electron chi connectivity index (χ3n) is 5.24. The highest BCUT2D eigenvalue weighted by molar-refractivity contribution is 5.70. The molecule has 6 nitrogen and oxygen atoms in total. The van der Waals surface area contributed by atoms with Gasteiger partial charge in [0, 0.05) is 31.2 Å². The average molecular weight is 333 g/mol. The number of anilines is 1. The number of nitrogens with zero attached hydrogens (tertiary/aromatic N) is 3. The standard InChI is InChI=1S/C18H27N3O3/c1-4-24-17-7-5-6-16(18(17)21(22)23)19-11-10-14-8-9-15(12-19)20(14)13(2)3/h5-7,13-15H,4,8-12H2,1-3H3/t14-,15+/m1/s1. The van der Waals surface area contributed by atoms with Crippen molar-refractivity contribution in [2.24, 2.45) is 0 Å². The molecule has 2 aliphatic rings. The van der Waals surface area contributed by atoms with Crippen molar-refractivity contribution in [3.63, 3.8) is 0 Å². The minimum absolute atomic E-state index is 0.105. The summed E-state index contributed by atoms with van der Waals surface area (Å²) < 4.78 is 5.50. The lowest BCUT2D eigenvalue weighted by Gasteiger charge is -2.32. The molecule has 1 aromatic rings. The molecule has 2 atom stereocenters. The van der Waals surface area contributed by atoms with Crippen LogP contribution in [0.15, 0.2) is 18.2 Å². The van der Waals surface area contributed by atoms with E-state index in [0.29, 0.717) is 36.2 Å². The van der Waals surface area contributed by atoms with Gasteiger partial charge in [-0.25, -0.2) is 0 Å². The molecule has 0 unspecified atom stereocenters. The zero-order valence-electron chi connectivity index (χ0n) is 14.8. The van der Waals surface area contributed by atoms with E-state index in [0.717, 1.165) is 19.5 Å². The van der Waals surface area contributed by atoms with E-state index in [1.165, 1.54) is 12.8 Å². The molecule has 0 N–H and O–H groups in total. The smallest absolute Gasteiger partial charge is 0.333 e. The predicted molar refractivity (Wildman–Crippen MR) is 94.9 cm³/mol. The molecule has 0 spiro atoms. The van der Waals surface area contributed by atoms with E-state index in [4.69, 9.17) is 4.74 Å². The van der Waals surface area contributed by atoms with Crippen LogP contribution in [0.1, 0.15) is 40.0 Å². The second kappa shape index (κ2) is 6.97. The van der Waals surface area contributed by atoms with E-state index >= 15 is 0 Å². The Morgan fingerprint density at radius 2 is 2.04 bits per heavy atom. The number of nitro groups is 1. The fraction of sp³-hybridized carbons (Fsp3) is 0.667. The minimum Gasteiger partial charge on any atom is -0.487 e. The summed E-state index contributed by atoms with van der Waals surface area (Å²) in [6.07, 6.45) is 3.49. The number of para-hydroxylation sites is 1. The van der Waals surface area contributed by atoms with Crippen molar-refractivity contribution in [2.45, 2.75) is 58.2 Å². The number of hydrogen-bond donors (Lipinski definition) is 0. The first-order chi connectivity index (χ1) is 11.5. The monoisotopic (exact) mass is 333 g/mol. The van der Waals surface area contributed by atoms with Crippen molar-refractivity contribution >= 4 is 11.4 Å². The summed E-state index contributed by atoms with van der Waals surface area (Å²) in [6.45, 7) is 8.49. The summed E-state index contributed by atoms with van der Waals surface area (Å²) in [5.74, 6) is 0.370. The normalized spacial score (nSPS) is 24.2. The van der Waals surface area contributed by atoms with E-state index in [-0.39, 0.29) is 10.6 Å². The first-order valence-corrected chi connectivity index (χ1v) is 8.95. The summed E-state index contributed by atoms with van der Waals surface area (Å²) in [4.78, 5) is 16.2. The van der Waals surface area contributed by atoms with Gasteiger partial charge in [0.15, 0.2) is 5.75 Å². The second-order valence-electron chi connectivity index (χ2n) is 6.97. The van der Waals surface area contributed by atoms with Gasteiger partial charge in [-0.1, -0.05) is 6.07 Å². The SMILES string of the molecule is CCOc1cccc(N2CC[C@H]3CC[C@@H](C2)N3C(C)C)c1[N+](=O)[O-]. The molecule has 2 fully saturated rings. The molecule has 24 heavy (non-hydrogen) atoms. The van der Waals surface area contributed by atoms with Gasteiger partial charge in [-0.05, 0) is 52.2 Å². The van der Waals surface area contributed by atoms with Crippen LogP contribution in [-0.2, 0) is 0 Å². The van der Waals surface area contributed by atoms with Crippen LogP contribution < -0.4 is 9.64 Å². The van der Waals surface area contributed by atoms with Gasteiger partial charge in [-0.2, -0.15) is 0 Å². The van der Waals surface area contributed by atoms with Crippen molar-refractivity contribution in [1.82, 2.24) is 4.90 Å². The van der Waals surface area contributed by atoms with Crippen LogP contribution in [0.5, 0.6) is 5.75 Å². The van der Waals surface area contributed by atoms with E-state index in [9.17, 15) is 10.1 Å². The summed E-state index contributed by atoms with van der Waals surface area (Å²) in [5.41, 5.74) is 0.801. The Hall–Kier alpha value is -1.82. The first-order valence-electron chi connectivity index (χ1n) is 8.95. The Labute approximate surface area is 143 Å². The van der Waals surface area contributed by atoms with Crippen LogP contribution in [0.3, 0.4) is 0 Å². The minimum atomic E-state index is -0.302. The Balaban J connectivity index is 1.92. The van der Waals surface area contributed by atoms with Crippen LogP contribution in [0.4, 0.5) is 11.4 Å². The second-order valence-corrected chi connectivity index (χ2v) is 6.97. The van der Waals surface area contributed by atoms with Gasteiger partial charge in [0.1, 0.15) is 5.69 Å². The first kappa shape index (κ1) is 17.0. The molecule has 1 aromatic carbocycles. The van der Waals surface area contributed by atoms with Gasteiger partial charge in [0.2, 0.25) is 0 Å². The molecule has 132 valence electrons. The lowest BCUT2D eigenvalue weighted by Crippen LogP contribution is -2.43. The zero-order chi connectivity index (χ0) is 17.3. The lowest BCUT2D eigenvalue weighted by atomic mass is 10.1. The molecular formula is C18H27N3O3. The number of fused-ring (bicyclic) bond motifs is 2. The van der Waals surface area contributed by atoms with Gasteiger partial charge in [-0.15, -0.1) is 0 Å². The van der Waals surface area contributed by atoms with Crippen molar-refractivity contribution in [2.75, 3.05) is 24.6 Å². The molecule has 0 amide bonds. The summed E-state index contributed by atoms with van der Waals surface area (Å²) >= 11 is 0. The number of nitro benzene ring substituents is 1. The highest BCUT2D eigenvalue weighted by Gasteiger charge is 2.39. The Kier molecular flexibility index (Phi) is 4.94. The third kappa shape index (κ3) is 3.07. The summed E-state index contributed by atoms with van der Waals surface area (Å²) in [5, 5.41) is 11.7. The number of ether oxygens (including phenoxy) is 1. The molecule has 0 saturated carbocycles. The van der Waals surface area contributed by atoms with Crippen molar-refractivity contribution < 1.29 is 9.66 Å². The highest BCUT2D eigenvalue weighted by Crippen LogP contribution is 2.40. The van der Waals surface area contributed by atoms with Gasteiger partial charge < -0.3 is 9.64 Å². The molecule has 0 radical (unpaired) electrons. The molecule has 2 aliphatic heterocycles. The van der Waals surface area contributed by atoms with Crippen LogP contribution in [0.2, 0.25) is 0 Å². The molecule has 3 rings (SSSR count). The third-order valence-corrected chi connectivity index (χ3v) is 5.24. The predicted octanol–water partition coefficient (Wildman–Crippen LogP) is 3.45. The highest BCUT2D eigenvalue weighted by atomic mass is 16.6. The Bertz CT molecular complexity index is 605. The zero-order valence-corrected chi connectivity index (χ0v) is 14.8. The maximum absolute atomic E-state index is 11.7. The van der Waals surface area contributed by atoms with Gasteiger partial charge in [-0.3, -0.25) is 15.0 Å². The van der Waals surface area contributed by atoms with E-state index in [1.54, 1.807) is 6.07 Å². The number of rotatable bonds is 5. The van der Waals surface area contributed by atoms with Gasteiger partial charge >= 0.3 is 5.69 Å². The molecule has 0 aromatic heterocycles. The van der Waals surface area contributed by atoms with Gasteiger partial charge in [0.05, 0.1) is 11.5 Å². The Morgan fingerprint density at radius 1 is 1.29 bits per heavy atom. The van der Waals surface area contributed by atoms with Crippen molar-refractivity contribution in [3.05, 3.63) is 28.3 Å². The van der Waals surface area contributed by atoms with E-state index in [1.807, 2.05) is 19.1 Å². The molecule has 2 bridgehead atoms. The van der Waals surface area contributed by atoms with E-state index in [2.05, 4.69) is 23.6 Å². The van der Waals surface area contributed by atoms with Crippen LogP contribution in [0, 0.1) is 10.1 Å². The fourth-order valence-corrected chi connectivity index (χ4v) is 4.39. The average Bonchev–Trinajstić information content (AvgIpc) is 2.82. The largest absolute Gasteiger partial charge is 0.487 e. The quantitative estimate of drug-likeness (QED) is 0.610. The fourth-order valence-electron chi connectivity index (χ4n) is 4.39. The molecular weight excluding hydrogens is 306 g/mol. The Morgan fingerprint density at radius 3 is 2.71 bits per heavy atom. The number of benzene rings is 1. The molecule has 2 heterocycles. The van der Waals surface area contributed by atoms with Crippen LogP contribution >= 0.6 is 0 Å². The number of hydrogen-bond acceptors (Lipinski definition) is 5. The maximum Gasteiger partial charge on any atom is 0.333 e. The van der Waals surface area contributed by atoms with Crippen LogP contribution in [-0.4, -0.2) is 47.6 Å². The van der Waals surface area contributed by atoms with Gasteiger partial charge in [0.25, 0.3) is 0 Å². The molecule has 0 aliphatic carbocycles. The van der Waals surface area contributed by atoms with E-state index < -0.39 is 0 Å².